The van der Waals surface area contributed by atoms with Gasteiger partial charge in [-0.3, -0.25) is 14.4 Å². The number of esters is 3. The fourth-order valence-electron chi connectivity index (χ4n) is 9.47. The molecular weight excluding hydrogens is 1020 g/mol. The lowest BCUT2D eigenvalue weighted by molar-refractivity contribution is -0.167. The van der Waals surface area contributed by atoms with Crippen molar-refractivity contribution in [1.82, 2.24) is 0 Å². The van der Waals surface area contributed by atoms with Gasteiger partial charge in [0, 0.05) is 19.3 Å². The van der Waals surface area contributed by atoms with Gasteiger partial charge < -0.3 is 14.2 Å². The maximum atomic E-state index is 12.9. The van der Waals surface area contributed by atoms with Gasteiger partial charge in [0.15, 0.2) is 6.10 Å². The first kappa shape index (κ1) is 78.5. The largest absolute Gasteiger partial charge is 0.462 e. The average molecular weight is 1150 g/mol. The number of carbonyl (C=O) groups excluding carboxylic acids is 3. The maximum Gasteiger partial charge on any atom is 0.306 e. The highest BCUT2D eigenvalue weighted by molar-refractivity contribution is 5.71. The smallest absolute Gasteiger partial charge is 0.306 e. The Bertz CT molecular complexity index is 1750. The predicted molar refractivity (Wildman–Crippen MR) is 362 cm³/mol. The lowest BCUT2D eigenvalue weighted by Crippen LogP contribution is -2.30. The van der Waals surface area contributed by atoms with Crippen LogP contribution in [0.1, 0.15) is 316 Å². The first-order valence-corrected chi connectivity index (χ1v) is 34.7. The molecule has 0 saturated carbocycles. The lowest BCUT2D eigenvalue weighted by atomic mass is 10.0. The number of ether oxygens (including phenoxy) is 3. The second-order valence-electron chi connectivity index (χ2n) is 22.7. The van der Waals surface area contributed by atoms with E-state index in [0.717, 1.165) is 116 Å². The minimum absolute atomic E-state index is 0.0968. The summed E-state index contributed by atoms with van der Waals surface area (Å²) < 4.78 is 16.8. The monoisotopic (exact) mass is 1150 g/mol. The van der Waals surface area contributed by atoms with Crippen LogP contribution in [0.5, 0.6) is 0 Å². The Balaban J connectivity index is 4.17. The molecule has 0 bridgehead atoms. The van der Waals surface area contributed by atoms with Gasteiger partial charge in [-0.05, 0) is 122 Å². The van der Waals surface area contributed by atoms with Crippen LogP contribution in [0.15, 0.2) is 134 Å². The SMILES string of the molecule is CC/C=C\C/C=C\C/C=C\C/C=C\C/C=C\C/C=C\C/C=C\C/C=C\CCCCC(=O)OC(COC(=O)CCCCCCCCC)COC(=O)CCCCCCCCCCCCCCCCCC/C=C\C/C=C\C/C=C\CCCCCCC. The predicted octanol–water partition coefficient (Wildman–Crippen LogP) is 24.1. The fourth-order valence-corrected chi connectivity index (χ4v) is 9.47. The summed E-state index contributed by atoms with van der Waals surface area (Å²) in [5.41, 5.74) is 0. The number of carbonyl (C=O) groups is 3. The Morgan fingerprint density at radius 3 is 0.759 bits per heavy atom. The standard InChI is InChI=1S/C77H128O6/c1-4-7-10-13-16-18-20-22-24-26-28-30-32-34-36-37-38-39-41-42-44-46-48-50-52-54-56-58-61-64-67-70-76(79)82-73-74(72-81-75(78)69-66-63-60-15-12-9-6-3)83-77(80)71-68-65-62-59-57-55-53-51-49-47-45-43-40-35-33-31-29-27-25-23-21-19-17-14-11-8-5-2/h8,11,17,19-20,22-23,25-26,28-29,31-32,34-35,40,45,47,51,53,57,59,74H,4-7,9-10,12-16,18,21,24,27,30,33,36-39,41-44,46,48-50,52,54-56,58,60-73H2,1-3H3/b11-8-,19-17-,22-20-,25-23-,28-26-,31-29-,34-32-,40-35-,47-45-,53-51-,59-57-. The molecule has 1 atom stereocenters. The van der Waals surface area contributed by atoms with E-state index >= 15 is 0 Å². The molecule has 0 aliphatic rings. The van der Waals surface area contributed by atoms with Gasteiger partial charge in [-0.15, -0.1) is 0 Å². The molecule has 83 heavy (non-hydrogen) atoms. The van der Waals surface area contributed by atoms with Crippen molar-refractivity contribution in [3.8, 4) is 0 Å². The van der Waals surface area contributed by atoms with E-state index in [1.807, 2.05) is 0 Å². The molecule has 0 heterocycles. The Morgan fingerprint density at radius 1 is 0.253 bits per heavy atom. The molecule has 0 aliphatic heterocycles. The number of unbranched alkanes of at least 4 members (excludes halogenated alkanes) is 29. The quantitative estimate of drug-likeness (QED) is 0.0261. The number of hydrogen-bond donors (Lipinski definition) is 0. The van der Waals surface area contributed by atoms with Gasteiger partial charge in [0.2, 0.25) is 0 Å². The van der Waals surface area contributed by atoms with Crippen molar-refractivity contribution >= 4 is 17.9 Å². The van der Waals surface area contributed by atoms with Crippen molar-refractivity contribution < 1.29 is 28.6 Å². The molecule has 0 saturated heterocycles. The van der Waals surface area contributed by atoms with Crippen molar-refractivity contribution in [1.29, 1.82) is 0 Å². The molecular formula is C77H128O6. The van der Waals surface area contributed by atoms with E-state index in [4.69, 9.17) is 14.2 Å². The van der Waals surface area contributed by atoms with Crippen molar-refractivity contribution in [2.24, 2.45) is 0 Å². The van der Waals surface area contributed by atoms with E-state index in [1.54, 1.807) is 0 Å². The molecule has 6 heteroatoms. The first-order valence-electron chi connectivity index (χ1n) is 34.7. The summed E-state index contributed by atoms with van der Waals surface area (Å²) in [7, 11) is 0. The molecule has 0 radical (unpaired) electrons. The minimum Gasteiger partial charge on any atom is -0.462 e. The summed E-state index contributed by atoms with van der Waals surface area (Å²) in [6.45, 7) is 6.45. The summed E-state index contributed by atoms with van der Waals surface area (Å²) in [4.78, 5) is 38.1. The molecule has 6 nitrogen and oxygen atoms in total. The molecule has 0 aromatic heterocycles. The number of rotatable bonds is 62. The topological polar surface area (TPSA) is 78.9 Å². The maximum absolute atomic E-state index is 12.9. The van der Waals surface area contributed by atoms with E-state index in [0.29, 0.717) is 19.3 Å². The Kier molecular flexibility index (Phi) is 66.3. The third-order valence-corrected chi connectivity index (χ3v) is 14.6. The Hall–Kier alpha value is -4.45. The van der Waals surface area contributed by atoms with E-state index in [9.17, 15) is 14.4 Å². The van der Waals surface area contributed by atoms with Crippen LogP contribution in [0.4, 0.5) is 0 Å². The minimum atomic E-state index is -0.803. The molecule has 0 aromatic rings. The number of hydrogen-bond acceptors (Lipinski definition) is 6. The summed E-state index contributed by atoms with van der Waals surface area (Å²) in [5, 5.41) is 0. The van der Waals surface area contributed by atoms with Crippen molar-refractivity contribution in [3.63, 3.8) is 0 Å². The average Bonchev–Trinajstić information content (AvgIpc) is 3.49. The lowest BCUT2D eigenvalue weighted by Gasteiger charge is -2.18. The van der Waals surface area contributed by atoms with Crippen LogP contribution >= 0.6 is 0 Å². The second kappa shape index (κ2) is 70.0. The highest BCUT2D eigenvalue weighted by atomic mass is 16.6. The first-order chi connectivity index (χ1) is 41.0. The van der Waals surface area contributed by atoms with Crippen LogP contribution < -0.4 is 0 Å². The van der Waals surface area contributed by atoms with Crippen molar-refractivity contribution in [2.45, 2.75) is 322 Å². The van der Waals surface area contributed by atoms with Gasteiger partial charge in [0.05, 0.1) is 0 Å². The van der Waals surface area contributed by atoms with E-state index in [2.05, 4.69) is 154 Å². The molecule has 1 unspecified atom stereocenters. The zero-order valence-electron chi connectivity index (χ0n) is 54.2. The van der Waals surface area contributed by atoms with Crippen LogP contribution in [0.2, 0.25) is 0 Å². The van der Waals surface area contributed by atoms with Gasteiger partial charge >= 0.3 is 17.9 Å². The second-order valence-corrected chi connectivity index (χ2v) is 22.7. The number of allylic oxidation sites excluding steroid dienone is 22. The van der Waals surface area contributed by atoms with Crippen LogP contribution in [0, 0.1) is 0 Å². The Labute approximate surface area is 513 Å². The molecule has 0 aliphatic carbocycles. The summed E-state index contributed by atoms with van der Waals surface area (Å²) in [6.07, 6.45) is 99.4. The van der Waals surface area contributed by atoms with Gasteiger partial charge in [-0.2, -0.15) is 0 Å². The van der Waals surface area contributed by atoms with Gasteiger partial charge in [-0.25, -0.2) is 0 Å². The van der Waals surface area contributed by atoms with E-state index in [-0.39, 0.29) is 37.5 Å². The molecule has 0 spiro atoms. The molecule has 0 amide bonds. The van der Waals surface area contributed by atoms with Gasteiger partial charge in [-0.1, -0.05) is 309 Å². The van der Waals surface area contributed by atoms with Crippen LogP contribution in [0.3, 0.4) is 0 Å². The summed E-state index contributed by atoms with van der Waals surface area (Å²) in [5.74, 6) is -0.943. The van der Waals surface area contributed by atoms with Gasteiger partial charge in [0.1, 0.15) is 13.2 Å². The molecule has 0 aromatic carbocycles. The highest BCUT2D eigenvalue weighted by Crippen LogP contribution is 2.16. The van der Waals surface area contributed by atoms with Crippen LogP contribution in [0.25, 0.3) is 0 Å². The summed E-state index contributed by atoms with van der Waals surface area (Å²) >= 11 is 0. The van der Waals surface area contributed by atoms with E-state index in [1.165, 1.54) is 154 Å². The molecule has 0 rings (SSSR count). The fraction of sp³-hybridized carbons (Fsp3) is 0.675. The third kappa shape index (κ3) is 68.2. The molecule has 0 fully saturated rings. The van der Waals surface area contributed by atoms with Crippen molar-refractivity contribution in [2.75, 3.05) is 13.2 Å². The summed E-state index contributed by atoms with van der Waals surface area (Å²) in [6, 6.07) is 0. The zero-order valence-corrected chi connectivity index (χ0v) is 54.2. The van der Waals surface area contributed by atoms with Crippen molar-refractivity contribution in [3.05, 3.63) is 134 Å². The highest BCUT2D eigenvalue weighted by Gasteiger charge is 2.19. The molecule has 0 N–H and O–H groups in total. The normalized spacial score (nSPS) is 13.0. The Morgan fingerprint density at radius 2 is 0.470 bits per heavy atom. The third-order valence-electron chi connectivity index (χ3n) is 14.6. The van der Waals surface area contributed by atoms with E-state index < -0.39 is 6.10 Å². The van der Waals surface area contributed by atoms with Gasteiger partial charge in [0.25, 0.3) is 0 Å². The zero-order chi connectivity index (χ0) is 59.9. The van der Waals surface area contributed by atoms with Crippen LogP contribution in [-0.4, -0.2) is 37.2 Å². The van der Waals surface area contributed by atoms with Crippen LogP contribution in [-0.2, 0) is 28.6 Å². The molecule has 472 valence electrons.